The van der Waals surface area contributed by atoms with Crippen LogP contribution in [0.1, 0.15) is 13.3 Å². The zero-order valence-electron chi connectivity index (χ0n) is 11.6. The smallest absolute Gasteiger partial charge is 0.226 e. The summed E-state index contributed by atoms with van der Waals surface area (Å²) in [5.41, 5.74) is 0.764. The number of rotatable bonds is 9. The minimum absolute atomic E-state index is 0.0531. The van der Waals surface area contributed by atoms with Gasteiger partial charge in [-0.05, 0) is 30.8 Å². The molecule has 0 aliphatic heterocycles. The molecule has 0 aliphatic carbocycles. The second kappa shape index (κ2) is 9.35. The molecule has 1 amide bonds. The summed E-state index contributed by atoms with van der Waals surface area (Å²) in [6.07, 6.45) is 0.359. The van der Waals surface area contributed by atoms with Gasteiger partial charge in [-0.1, -0.05) is 6.92 Å². The summed E-state index contributed by atoms with van der Waals surface area (Å²) in [5, 5.41) is 5.98. The van der Waals surface area contributed by atoms with E-state index in [4.69, 9.17) is 9.47 Å². The number of nitrogens with one attached hydrogen (secondary N) is 2. The molecule has 1 aromatic rings. The van der Waals surface area contributed by atoms with Crippen LogP contribution in [-0.4, -0.2) is 39.3 Å². The zero-order valence-corrected chi connectivity index (χ0v) is 11.6. The SMILES string of the molecule is CCNCCOc1ccc(NC(=O)CCOC)cc1. The van der Waals surface area contributed by atoms with Crippen LogP contribution in [0.4, 0.5) is 5.69 Å². The first-order valence-corrected chi connectivity index (χ1v) is 6.48. The minimum atomic E-state index is -0.0531. The maximum Gasteiger partial charge on any atom is 0.226 e. The largest absolute Gasteiger partial charge is 0.492 e. The maximum atomic E-state index is 11.5. The Morgan fingerprint density at radius 1 is 1.21 bits per heavy atom. The Morgan fingerprint density at radius 2 is 1.95 bits per heavy atom. The van der Waals surface area contributed by atoms with Gasteiger partial charge < -0.3 is 20.1 Å². The zero-order chi connectivity index (χ0) is 13.9. The number of hydrogen-bond donors (Lipinski definition) is 2. The fraction of sp³-hybridized carbons (Fsp3) is 0.500. The van der Waals surface area contributed by atoms with Crippen LogP contribution in [0.3, 0.4) is 0 Å². The second-order valence-corrected chi connectivity index (χ2v) is 4.02. The van der Waals surface area contributed by atoms with Crippen LogP contribution in [0.15, 0.2) is 24.3 Å². The lowest BCUT2D eigenvalue weighted by Gasteiger charge is -2.08. The molecule has 19 heavy (non-hydrogen) atoms. The van der Waals surface area contributed by atoms with Gasteiger partial charge in [0.15, 0.2) is 0 Å². The topological polar surface area (TPSA) is 59.6 Å². The number of carbonyl (C=O) groups is 1. The van der Waals surface area contributed by atoms with Gasteiger partial charge >= 0.3 is 0 Å². The maximum absolute atomic E-state index is 11.5. The molecule has 0 radical (unpaired) electrons. The number of likely N-dealkylation sites (N-methyl/N-ethyl adjacent to an activating group) is 1. The van der Waals surface area contributed by atoms with Gasteiger partial charge in [0, 0.05) is 19.3 Å². The van der Waals surface area contributed by atoms with Gasteiger partial charge in [-0.25, -0.2) is 0 Å². The summed E-state index contributed by atoms with van der Waals surface area (Å²) in [6.45, 7) is 4.88. The molecule has 106 valence electrons. The van der Waals surface area contributed by atoms with Gasteiger partial charge in [0.25, 0.3) is 0 Å². The van der Waals surface area contributed by atoms with Crippen LogP contribution in [0.25, 0.3) is 0 Å². The van der Waals surface area contributed by atoms with Crippen LogP contribution in [0, 0.1) is 0 Å². The van der Waals surface area contributed by atoms with E-state index < -0.39 is 0 Å². The molecule has 0 aromatic heterocycles. The summed E-state index contributed by atoms with van der Waals surface area (Å²) in [5.74, 6) is 0.746. The molecular formula is C14H22N2O3. The second-order valence-electron chi connectivity index (χ2n) is 4.02. The number of amides is 1. The summed E-state index contributed by atoms with van der Waals surface area (Å²) in [4.78, 5) is 11.5. The highest BCUT2D eigenvalue weighted by molar-refractivity contribution is 5.90. The van der Waals surface area contributed by atoms with E-state index in [1.807, 2.05) is 24.3 Å². The standard InChI is InChI=1S/C14H22N2O3/c1-3-15-9-11-19-13-6-4-12(5-7-13)16-14(17)8-10-18-2/h4-7,15H,3,8-11H2,1-2H3,(H,16,17). The number of carbonyl (C=O) groups excluding carboxylic acids is 1. The van der Waals surface area contributed by atoms with Gasteiger partial charge in [0.1, 0.15) is 12.4 Å². The highest BCUT2D eigenvalue weighted by Crippen LogP contribution is 2.15. The lowest BCUT2D eigenvalue weighted by atomic mass is 10.3. The lowest BCUT2D eigenvalue weighted by molar-refractivity contribution is -0.117. The van der Waals surface area contributed by atoms with Crippen molar-refractivity contribution in [3.05, 3.63) is 24.3 Å². The number of methoxy groups -OCH3 is 1. The molecule has 0 spiro atoms. The molecule has 5 nitrogen and oxygen atoms in total. The van der Waals surface area contributed by atoms with E-state index in [0.717, 1.165) is 24.5 Å². The third-order valence-corrected chi connectivity index (χ3v) is 2.47. The van der Waals surface area contributed by atoms with Gasteiger partial charge in [-0.3, -0.25) is 4.79 Å². The van der Waals surface area contributed by atoms with Crippen molar-refractivity contribution in [2.45, 2.75) is 13.3 Å². The van der Waals surface area contributed by atoms with Crippen molar-refractivity contribution < 1.29 is 14.3 Å². The van der Waals surface area contributed by atoms with E-state index in [0.29, 0.717) is 19.6 Å². The van der Waals surface area contributed by atoms with Crippen LogP contribution in [-0.2, 0) is 9.53 Å². The highest BCUT2D eigenvalue weighted by atomic mass is 16.5. The van der Waals surface area contributed by atoms with E-state index >= 15 is 0 Å². The van der Waals surface area contributed by atoms with Crippen molar-refractivity contribution in [3.63, 3.8) is 0 Å². The Morgan fingerprint density at radius 3 is 2.58 bits per heavy atom. The van der Waals surface area contributed by atoms with Crippen LogP contribution in [0.2, 0.25) is 0 Å². The summed E-state index contributed by atoms with van der Waals surface area (Å²) in [6, 6.07) is 7.34. The molecule has 0 atom stereocenters. The molecular weight excluding hydrogens is 244 g/mol. The molecule has 0 saturated carbocycles. The van der Waals surface area contributed by atoms with Crippen molar-refractivity contribution in [2.75, 3.05) is 38.7 Å². The Balaban J connectivity index is 2.32. The molecule has 0 fully saturated rings. The van der Waals surface area contributed by atoms with Gasteiger partial charge in [-0.2, -0.15) is 0 Å². The molecule has 0 aliphatic rings. The number of anilines is 1. The Hall–Kier alpha value is -1.59. The molecule has 0 bridgehead atoms. The molecule has 5 heteroatoms. The Labute approximate surface area is 114 Å². The van der Waals surface area contributed by atoms with E-state index in [1.165, 1.54) is 0 Å². The van der Waals surface area contributed by atoms with Crippen molar-refractivity contribution in [1.29, 1.82) is 0 Å². The third-order valence-electron chi connectivity index (χ3n) is 2.47. The van der Waals surface area contributed by atoms with Crippen LogP contribution < -0.4 is 15.4 Å². The fourth-order valence-corrected chi connectivity index (χ4v) is 1.47. The quantitative estimate of drug-likeness (QED) is 0.667. The highest BCUT2D eigenvalue weighted by Gasteiger charge is 2.02. The average molecular weight is 266 g/mol. The van der Waals surface area contributed by atoms with E-state index in [1.54, 1.807) is 7.11 Å². The number of benzene rings is 1. The first-order valence-electron chi connectivity index (χ1n) is 6.48. The molecule has 2 N–H and O–H groups in total. The van der Waals surface area contributed by atoms with E-state index in [2.05, 4.69) is 17.6 Å². The first-order chi connectivity index (χ1) is 9.26. The molecule has 1 aromatic carbocycles. The monoisotopic (exact) mass is 266 g/mol. The lowest BCUT2D eigenvalue weighted by Crippen LogP contribution is -2.20. The van der Waals surface area contributed by atoms with Crippen molar-refractivity contribution in [2.24, 2.45) is 0 Å². The number of hydrogen-bond acceptors (Lipinski definition) is 4. The third kappa shape index (κ3) is 6.79. The fourth-order valence-electron chi connectivity index (χ4n) is 1.47. The molecule has 1 rings (SSSR count). The summed E-state index contributed by atoms with van der Waals surface area (Å²) < 4.78 is 10.4. The summed E-state index contributed by atoms with van der Waals surface area (Å²) in [7, 11) is 1.58. The van der Waals surface area contributed by atoms with Gasteiger partial charge in [-0.15, -0.1) is 0 Å². The molecule has 0 saturated heterocycles. The normalized spacial score (nSPS) is 10.2. The average Bonchev–Trinajstić information content (AvgIpc) is 2.43. The van der Waals surface area contributed by atoms with Crippen molar-refractivity contribution >= 4 is 11.6 Å². The van der Waals surface area contributed by atoms with Crippen molar-refractivity contribution in [1.82, 2.24) is 5.32 Å². The summed E-state index contributed by atoms with van der Waals surface area (Å²) >= 11 is 0. The predicted octanol–water partition coefficient (Wildman–Crippen LogP) is 1.65. The van der Waals surface area contributed by atoms with Crippen LogP contribution in [0.5, 0.6) is 5.75 Å². The van der Waals surface area contributed by atoms with Crippen LogP contribution >= 0.6 is 0 Å². The molecule has 0 unspecified atom stereocenters. The Bertz CT molecular complexity index is 365. The Kier molecular flexibility index (Phi) is 7.62. The van der Waals surface area contributed by atoms with E-state index in [9.17, 15) is 4.79 Å². The van der Waals surface area contributed by atoms with Gasteiger partial charge in [0.2, 0.25) is 5.91 Å². The minimum Gasteiger partial charge on any atom is -0.492 e. The van der Waals surface area contributed by atoms with Gasteiger partial charge in [0.05, 0.1) is 13.0 Å². The predicted molar refractivity (Wildman–Crippen MR) is 75.6 cm³/mol. The number of ether oxygens (including phenoxy) is 2. The molecule has 0 heterocycles. The van der Waals surface area contributed by atoms with Crippen molar-refractivity contribution in [3.8, 4) is 5.75 Å². The first kappa shape index (κ1) is 15.5. The van der Waals surface area contributed by atoms with E-state index in [-0.39, 0.29) is 5.91 Å².